The fourth-order valence-corrected chi connectivity index (χ4v) is 1.88. The van der Waals surface area contributed by atoms with Gasteiger partial charge < -0.3 is 4.42 Å². The minimum Gasteiger partial charge on any atom is -0.428 e. The zero-order chi connectivity index (χ0) is 17.8. The summed E-state index contributed by atoms with van der Waals surface area (Å²) in [5.74, 6) is 0.168. The summed E-state index contributed by atoms with van der Waals surface area (Å²) in [6.45, 7) is 11.4. The first-order chi connectivity index (χ1) is 11.1. The molecule has 0 radical (unpaired) electrons. The van der Waals surface area contributed by atoms with Gasteiger partial charge in [-0.25, -0.2) is 4.79 Å². The molecule has 1 aromatic carbocycles. The summed E-state index contributed by atoms with van der Waals surface area (Å²) in [4.78, 5) is 23.7. The Hall–Kier alpha value is -2.42. The van der Waals surface area contributed by atoms with Crippen LogP contribution in [0.3, 0.4) is 0 Å². The van der Waals surface area contributed by atoms with Crippen LogP contribution in [0.15, 0.2) is 51.7 Å². The van der Waals surface area contributed by atoms with Crippen LogP contribution in [0.2, 0.25) is 0 Å². The molecule has 0 atom stereocenters. The van der Waals surface area contributed by atoms with E-state index in [0.29, 0.717) is 11.3 Å². The van der Waals surface area contributed by atoms with Gasteiger partial charge in [0.15, 0.2) is 5.78 Å². The first-order valence-corrected chi connectivity index (χ1v) is 7.97. The third kappa shape index (κ3) is 6.47. The molecule has 0 aliphatic carbocycles. The molecule has 0 aliphatic heterocycles. The Morgan fingerprint density at radius 2 is 1.57 bits per heavy atom. The smallest absolute Gasteiger partial charge is 0.347 e. The number of aryl methyl sites for hydroxylation is 2. The fourth-order valence-electron chi connectivity index (χ4n) is 1.88. The molecule has 2 aromatic rings. The summed E-state index contributed by atoms with van der Waals surface area (Å²) in [7, 11) is 0. The predicted octanol–water partition coefficient (Wildman–Crippen LogP) is 5.21. The Labute approximate surface area is 138 Å². The number of carbonyl (C=O) groups excluding carboxylic acids is 1. The summed E-state index contributed by atoms with van der Waals surface area (Å²) in [6, 6.07) is 11.1. The van der Waals surface area contributed by atoms with E-state index in [1.165, 1.54) is 6.08 Å². The zero-order valence-electron chi connectivity index (χ0n) is 14.8. The maximum atomic E-state index is 12.0. The van der Waals surface area contributed by atoms with Crippen molar-refractivity contribution in [2.75, 3.05) is 0 Å². The molecule has 0 bridgehead atoms. The van der Waals surface area contributed by atoms with E-state index in [1.807, 2.05) is 58.0 Å². The van der Waals surface area contributed by atoms with Crippen molar-refractivity contribution in [2.45, 2.75) is 41.5 Å². The second-order valence-corrected chi connectivity index (χ2v) is 4.31. The van der Waals surface area contributed by atoms with Gasteiger partial charge in [-0.3, -0.25) is 4.79 Å². The topological polar surface area (TPSA) is 47.3 Å². The molecular weight excluding hydrogens is 288 g/mol. The minimum atomic E-state index is -0.583. The largest absolute Gasteiger partial charge is 0.428 e. The lowest BCUT2D eigenvalue weighted by Crippen LogP contribution is -2.15. The van der Waals surface area contributed by atoms with Gasteiger partial charge in [-0.05, 0) is 37.1 Å². The summed E-state index contributed by atoms with van der Waals surface area (Å²) in [6.07, 6.45) is 3.07. The van der Waals surface area contributed by atoms with Gasteiger partial charge in [0.2, 0.25) is 0 Å². The molecule has 2 rings (SSSR count). The number of hydrogen-bond acceptors (Lipinski definition) is 3. The van der Waals surface area contributed by atoms with Crippen LogP contribution in [-0.2, 0) is 0 Å². The standard InChI is InChI=1S/C16H14O3.2C2H6/c1-11-10-12(2)19-16(18)15(11)14(17)9-8-13-6-4-3-5-7-13;2*1-2/h3-10H,1-2H3;2*1-2H3/b9-8+;;. The van der Waals surface area contributed by atoms with Gasteiger partial charge in [0.1, 0.15) is 11.3 Å². The van der Waals surface area contributed by atoms with E-state index in [0.717, 1.165) is 5.56 Å². The van der Waals surface area contributed by atoms with E-state index in [-0.39, 0.29) is 11.3 Å². The Balaban J connectivity index is 0.00000112. The van der Waals surface area contributed by atoms with E-state index in [9.17, 15) is 9.59 Å². The number of benzene rings is 1. The van der Waals surface area contributed by atoms with Crippen LogP contribution < -0.4 is 5.63 Å². The second-order valence-electron chi connectivity index (χ2n) is 4.31. The summed E-state index contributed by atoms with van der Waals surface area (Å²) in [5, 5.41) is 0. The van der Waals surface area contributed by atoms with Gasteiger partial charge in [0, 0.05) is 0 Å². The summed E-state index contributed by atoms with van der Waals surface area (Å²) < 4.78 is 4.95. The van der Waals surface area contributed by atoms with Crippen LogP contribution in [0, 0.1) is 13.8 Å². The summed E-state index contributed by atoms with van der Waals surface area (Å²) >= 11 is 0. The van der Waals surface area contributed by atoms with Crippen molar-refractivity contribution >= 4 is 11.9 Å². The van der Waals surface area contributed by atoms with Crippen LogP contribution in [0.4, 0.5) is 0 Å². The molecule has 1 aromatic heterocycles. The zero-order valence-corrected chi connectivity index (χ0v) is 14.8. The molecule has 0 saturated heterocycles. The van der Waals surface area contributed by atoms with Crippen LogP contribution >= 0.6 is 0 Å². The lowest BCUT2D eigenvalue weighted by Gasteiger charge is -2.00. The number of allylic oxidation sites excluding steroid dienone is 1. The van der Waals surface area contributed by atoms with E-state index in [4.69, 9.17) is 4.42 Å². The highest BCUT2D eigenvalue weighted by Gasteiger charge is 2.13. The molecule has 0 spiro atoms. The first kappa shape index (κ1) is 20.6. The van der Waals surface area contributed by atoms with Crippen LogP contribution in [-0.4, -0.2) is 5.78 Å². The molecule has 3 nitrogen and oxygen atoms in total. The molecule has 124 valence electrons. The molecule has 0 unspecified atom stereocenters. The van der Waals surface area contributed by atoms with Crippen molar-refractivity contribution in [3.05, 3.63) is 75.3 Å². The average molecular weight is 314 g/mol. The number of hydrogen-bond donors (Lipinski definition) is 0. The van der Waals surface area contributed by atoms with Gasteiger partial charge in [-0.2, -0.15) is 0 Å². The van der Waals surface area contributed by atoms with Crippen molar-refractivity contribution in [2.24, 2.45) is 0 Å². The Kier molecular flexibility index (Phi) is 10.0. The Morgan fingerprint density at radius 1 is 1.00 bits per heavy atom. The van der Waals surface area contributed by atoms with Crippen molar-refractivity contribution in [3.63, 3.8) is 0 Å². The van der Waals surface area contributed by atoms with Crippen LogP contribution in [0.1, 0.15) is 54.9 Å². The highest BCUT2D eigenvalue weighted by molar-refractivity contribution is 6.07. The summed E-state index contributed by atoms with van der Waals surface area (Å²) in [5.41, 5.74) is 1.06. The van der Waals surface area contributed by atoms with Crippen LogP contribution in [0.5, 0.6) is 0 Å². The molecular formula is C20H26O3. The maximum Gasteiger partial charge on any atom is 0.347 e. The molecule has 0 N–H and O–H groups in total. The highest BCUT2D eigenvalue weighted by atomic mass is 16.4. The van der Waals surface area contributed by atoms with Gasteiger partial charge in [0.25, 0.3) is 0 Å². The second kappa shape index (κ2) is 11.2. The normalized spacial score (nSPS) is 9.48. The van der Waals surface area contributed by atoms with Crippen LogP contribution in [0.25, 0.3) is 6.08 Å². The predicted molar refractivity (Wildman–Crippen MR) is 97.0 cm³/mol. The average Bonchev–Trinajstić information content (AvgIpc) is 2.57. The van der Waals surface area contributed by atoms with Gasteiger partial charge in [-0.15, -0.1) is 0 Å². The minimum absolute atomic E-state index is 0.0952. The lowest BCUT2D eigenvalue weighted by molar-refractivity contribution is 0.104. The number of ketones is 1. The third-order valence-corrected chi connectivity index (χ3v) is 2.75. The van der Waals surface area contributed by atoms with Gasteiger partial charge in [-0.1, -0.05) is 64.1 Å². The molecule has 0 saturated carbocycles. The highest BCUT2D eigenvalue weighted by Crippen LogP contribution is 2.08. The first-order valence-electron chi connectivity index (χ1n) is 7.97. The van der Waals surface area contributed by atoms with E-state index >= 15 is 0 Å². The van der Waals surface area contributed by atoms with E-state index in [2.05, 4.69) is 0 Å². The molecule has 0 fully saturated rings. The Morgan fingerprint density at radius 3 is 2.09 bits per heavy atom. The van der Waals surface area contributed by atoms with Gasteiger partial charge in [0.05, 0.1) is 0 Å². The third-order valence-electron chi connectivity index (χ3n) is 2.75. The lowest BCUT2D eigenvalue weighted by atomic mass is 10.1. The maximum absolute atomic E-state index is 12.0. The fraction of sp³-hybridized carbons (Fsp3) is 0.300. The SMILES string of the molecule is CC.CC.Cc1cc(C)c(C(=O)/C=C/c2ccccc2)c(=O)o1. The molecule has 23 heavy (non-hydrogen) atoms. The van der Waals surface area contributed by atoms with Gasteiger partial charge >= 0.3 is 5.63 Å². The quantitative estimate of drug-likeness (QED) is 0.577. The molecule has 0 amide bonds. The van der Waals surface area contributed by atoms with Crippen molar-refractivity contribution in [1.29, 1.82) is 0 Å². The van der Waals surface area contributed by atoms with Crippen molar-refractivity contribution < 1.29 is 9.21 Å². The van der Waals surface area contributed by atoms with Crippen molar-refractivity contribution in [1.82, 2.24) is 0 Å². The molecule has 0 aliphatic rings. The monoisotopic (exact) mass is 314 g/mol. The van der Waals surface area contributed by atoms with Crippen molar-refractivity contribution in [3.8, 4) is 0 Å². The Bertz CT molecular complexity index is 680. The number of carbonyl (C=O) groups is 1. The molecule has 3 heteroatoms. The van der Waals surface area contributed by atoms with E-state index in [1.54, 1.807) is 26.0 Å². The number of rotatable bonds is 3. The molecule has 1 heterocycles. The van der Waals surface area contributed by atoms with E-state index < -0.39 is 5.63 Å².